The predicted molar refractivity (Wildman–Crippen MR) is 103 cm³/mol. The number of aromatic nitrogens is 2. The zero-order valence-electron chi connectivity index (χ0n) is 15.4. The van der Waals surface area contributed by atoms with Crippen LogP contribution >= 0.6 is 11.5 Å². The molecule has 1 aromatic heterocycles. The van der Waals surface area contributed by atoms with Crippen molar-refractivity contribution in [3.05, 3.63) is 41.5 Å². The second-order valence-corrected chi connectivity index (χ2v) is 8.33. The highest BCUT2D eigenvalue weighted by atomic mass is 32.1. The molecule has 0 radical (unpaired) electrons. The standard InChI is InChI=1S/C19H27FN4OS/c1-19(2,14-3-5-15(20)6-4-14)13-21-18-22-17(23-26-18)9-12-24-10-7-16(25)8-11-24/h3-6,16,25H,7-13H2,1-2H3,(H,21,22,23). The Kier molecular flexibility index (Phi) is 6.21. The lowest BCUT2D eigenvalue weighted by Gasteiger charge is -2.28. The molecule has 0 bridgehead atoms. The molecule has 1 saturated heterocycles. The zero-order chi connectivity index (χ0) is 18.6. The maximum Gasteiger partial charge on any atom is 0.202 e. The monoisotopic (exact) mass is 378 g/mol. The molecule has 1 aliphatic rings. The molecule has 3 rings (SSSR count). The second-order valence-electron chi connectivity index (χ2n) is 7.58. The number of aliphatic hydroxyl groups is 1. The molecule has 0 amide bonds. The number of aliphatic hydroxyl groups excluding tert-OH is 1. The fourth-order valence-corrected chi connectivity index (χ4v) is 3.73. The van der Waals surface area contributed by atoms with Crippen LogP contribution in [-0.4, -0.2) is 51.6 Å². The number of nitrogens with zero attached hydrogens (tertiary/aromatic N) is 3. The maximum atomic E-state index is 13.1. The molecule has 142 valence electrons. The quantitative estimate of drug-likeness (QED) is 0.775. The summed E-state index contributed by atoms with van der Waals surface area (Å²) in [6.07, 6.45) is 2.41. The van der Waals surface area contributed by atoms with Gasteiger partial charge in [0, 0.05) is 49.5 Å². The third kappa shape index (κ3) is 5.22. The summed E-state index contributed by atoms with van der Waals surface area (Å²) in [5, 5.41) is 13.7. The molecule has 2 N–H and O–H groups in total. The van der Waals surface area contributed by atoms with Gasteiger partial charge in [0.25, 0.3) is 0 Å². The van der Waals surface area contributed by atoms with E-state index in [2.05, 4.69) is 33.4 Å². The molecule has 0 saturated carbocycles. The molecule has 7 heteroatoms. The van der Waals surface area contributed by atoms with E-state index in [1.807, 2.05) is 12.1 Å². The molecule has 5 nitrogen and oxygen atoms in total. The van der Waals surface area contributed by atoms with E-state index in [-0.39, 0.29) is 17.3 Å². The summed E-state index contributed by atoms with van der Waals surface area (Å²) in [5.41, 5.74) is 0.956. The lowest BCUT2D eigenvalue weighted by atomic mass is 9.85. The number of piperidine rings is 1. The summed E-state index contributed by atoms with van der Waals surface area (Å²) in [5.74, 6) is 0.651. The second kappa shape index (κ2) is 8.41. The van der Waals surface area contributed by atoms with E-state index in [4.69, 9.17) is 0 Å². The van der Waals surface area contributed by atoms with Crippen LogP contribution in [0.1, 0.15) is 38.1 Å². The molecule has 0 atom stereocenters. The van der Waals surface area contributed by atoms with Crippen molar-refractivity contribution in [1.29, 1.82) is 0 Å². The van der Waals surface area contributed by atoms with Crippen molar-refractivity contribution in [3.63, 3.8) is 0 Å². The minimum Gasteiger partial charge on any atom is -0.393 e. The molecule has 0 aliphatic carbocycles. The third-order valence-electron chi connectivity index (χ3n) is 4.98. The van der Waals surface area contributed by atoms with E-state index in [0.717, 1.165) is 55.4 Å². The van der Waals surface area contributed by atoms with Crippen LogP contribution in [0, 0.1) is 5.82 Å². The van der Waals surface area contributed by atoms with E-state index < -0.39 is 0 Å². The van der Waals surface area contributed by atoms with Crippen molar-refractivity contribution in [3.8, 4) is 0 Å². The van der Waals surface area contributed by atoms with Gasteiger partial charge in [-0.05, 0) is 30.5 Å². The molecular weight excluding hydrogens is 351 g/mol. The van der Waals surface area contributed by atoms with E-state index in [1.165, 1.54) is 23.7 Å². The Labute approximate surface area is 158 Å². The van der Waals surface area contributed by atoms with Gasteiger partial charge in [0.2, 0.25) is 5.13 Å². The van der Waals surface area contributed by atoms with Crippen LogP contribution in [0.5, 0.6) is 0 Å². The van der Waals surface area contributed by atoms with Crippen molar-refractivity contribution in [2.45, 2.75) is 44.6 Å². The zero-order valence-corrected chi connectivity index (χ0v) is 16.2. The number of hydrogen-bond donors (Lipinski definition) is 2. The van der Waals surface area contributed by atoms with Gasteiger partial charge in [0.1, 0.15) is 11.6 Å². The molecule has 2 aromatic rings. The van der Waals surface area contributed by atoms with E-state index in [0.29, 0.717) is 6.54 Å². The Bertz CT molecular complexity index is 696. The number of likely N-dealkylation sites (tertiary alicyclic amines) is 1. The van der Waals surface area contributed by atoms with Crippen LogP contribution in [0.2, 0.25) is 0 Å². The molecule has 2 heterocycles. The first-order valence-electron chi connectivity index (χ1n) is 9.15. The molecule has 1 aromatic carbocycles. The van der Waals surface area contributed by atoms with Gasteiger partial charge in [-0.2, -0.15) is 4.37 Å². The number of hydrogen-bond acceptors (Lipinski definition) is 6. The predicted octanol–water partition coefficient (Wildman–Crippen LogP) is 3.07. The van der Waals surface area contributed by atoms with Gasteiger partial charge in [0.15, 0.2) is 0 Å². The summed E-state index contributed by atoms with van der Waals surface area (Å²) in [7, 11) is 0. The molecule has 1 fully saturated rings. The van der Waals surface area contributed by atoms with Gasteiger partial charge in [-0.1, -0.05) is 26.0 Å². The van der Waals surface area contributed by atoms with Gasteiger partial charge in [0.05, 0.1) is 6.10 Å². The van der Waals surface area contributed by atoms with Crippen molar-refractivity contribution in [1.82, 2.24) is 14.3 Å². The van der Waals surface area contributed by atoms with Crippen molar-refractivity contribution in [2.75, 3.05) is 31.5 Å². The Morgan fingerprint density at radius 1 is 1.27 bits per heavy atom. The van der Waals surface area contributed by atoms with E-state index in [1.54, 1.807) is 0 Å². The summed E-state index contributed by atoms with van der Waals surface area (Å²) >= 11 is 1.38. The number of nitrogens with one attached hydrogen (secondary N) is 1. The highest BCUT2D eigenvalue weighted by Crippen LogP contribution is 2.24. The van der Waals surface area contributed by atoms with Gasteiger partial charge in [-0.3, -0.25) is 0 Å². The largest absolute Gasteiger partial charge is 0.393 e. The first-order valence-corrected chi connectivity index (χ1v) is 9.93. The van der Waals surface area contributed by atoms with Crippen molar-refractivity contribution >= 4 is 16.7 Å². The van der Waals surface area contributed by atoms with Gasteiger partial charge >= 0.3 is 0 Å². The molecule has 26 heavy (non-hydrogen) atoms. The SMILES string of the molecule is CC(C)(CNc1nc(CCN2CCC(O)CC2)ns1)c1ccc(F)cc1. The minimum absolute atomic E-state index is 0.131. The Hall–Kier alpha value is -1.57. The molecular formula is C19H27FN4OS. The van der Waals surface area contributed by atoms with Crippen molar-refractivity contribution < 1.29 is 9.50 Å². The van der Waals surface area contributed by atoms with E-state index >= 15 is 0 Å². The van der Waals surface area contributed by atoms with Crippen LogP contribution in [0.4, 0.5) is 9.52 Å². The lowest BCUT2D eigenvalue weighted by molar-refractivity contribution is 0.0830. The Morgan fingerprint density at radius 3 is 2.65 bits per heavy atom. The molecule has 0 spiro atoms. The topological polar surface area (TPSA) is 61.3 Å². The van der Waals surface area contributed by atoms with Crippen LogP contribution in [0.15, 0.2) is 24.3 Å². The van der Waals surface area contributed by atoms with Crippen LogP contribution in [0.3, 0.4) is 0 Å². The average molecular weight is 379 g/mol. The number of rotatable bonds is 7. The highest BCUT2D eigenvalue weighted by molar-refractivity contribution is 7.09. The number of halogens is 1. The highest BCUT2D eigenvalue weighted by Gasteiger charge is 2.21. The maximum absolute atomic E-state index is 13.1. The van der Waals surface area contributed by atoms with Crippen LogP contribution in [-0.2, 0) is 11.8 Å². The minimum atomic E-state index is -0.213. The third-order valence-corrected chi connectivity index (χ3v) is 5.69. The fraction of sp³-hybridized carbons (Fsp3) is 0.579. The molecule has 1 aliphatic heterocycles. The lowest BCUT2D eigenvalue weighted by Crippen LogP contribution is -2.37. The fourth-order valence-electron chi connectivity index (χ4n) is 3.13. The number of anilines is 1. The normalized spacial score (nSPS) is 16.8. The first kappa shape index (κ1) is 19.2. The summed E-state index contributed by atoms with van der Waals surface area (Å²) in [6, 6.07) is 6.66. The van der Waals surface area contributed by atoms with E-state index in [9.17, 15) is 9.50 Å². The average Bonchev–Trinajstić information content (AvgIpc) is 3.08. The first-order chi connectivity index (χ1) is 12.4. The number of benzene rings is 1. The smallest absolute Gasteiger partial charge is 0.202 e. The van der Waals surface area contributed by atoms with Gasteiger partial charge < -0.3 is 15.3 Å². The Balaban J connectivity index is 1.48. The van der Waals surface area contributed by atoms with Crippen molar-refractivity contribution in [2.24, 2.45) is 0 Å². The Morgan fingerprint density at radius 2 is 1.96 bits per heavy atom. The van der Waals surface area contributed by atoms with Gasteiger partial charge in [-0.15, -0.1) is 0 Å². The summed E-state index contributed by atoms with van der Waals surface area (Å²) < 4.78 is 17.5. The van der Waals surface area contributed by atoms with Crippen LogP contribution in [0.25, 0.3) is 0 Å². The van der Waals surface area contributed by atoms with Gasteiger partial charge in [-0.25, -0.2) is 9.37 Å². The summed E-state index contributed by atoms with van der Waals surface area (Å²) in [6.45, 7) is 7.78. The van der Waals surface area contributed by atoms with Crippen LogP contribution < -0.4 is 5.32 Å². The molecule has 0 unspecified atom stereocenters. The summed E-state index contributed by atoms with van der Waals surface area (Å²) in [4.78, 5) is 6.94.